The van der Waals surface area contributed by atoms with Gasteiger partial charge in [-0.1, -0.05) is 18.7 Å². The molecule has 0 bridgehead atoms. The molecule has 33 heavy (non-hydrogen) atoms. The van der Waals surface area contributed by atoms with Gasteiger partial charge in [0.25, 0.3) is 11.7 Å². The summed E-state index contributed by atoms with van der Waals surface area (Å²) in [7, 11) is 0. The molecule has 2 aliphatic rings. The van der Waals surface area contributed by atoms with E-state index in [1.807, 2.05) is 17.5 Å². The van der Waals surface area contributed by atoms with Gasteiger partial charge in [0, 0.05) is 36.6 Å². The molecule has 2 fully saturated rings. The maximum Gasteiger partial charge on any atom is 0.295 e. The van der Waals surface area contributed by atoms with Crippen LogP contribution in [0.3, 0.4) is 0 Å². The number of morpholine rings is 1. The molecular formula is C25H28N2O5S. The van der Waals surface area contributed by atoms with Gasteiger partial charge in [0.2, 0.25) is 0 Å². The third-order valence-corrected chi connectivity index (χ3v) is 6.75. The molecule has 2 aromatic rings. The number of nitrogens with zero attached hydrogens (tertiary/aromatic N) is 2. The van der Waals surface area contributed by atoms with Crippen molar-refractivity contribution in [1.82, 2.24) is 9.80 Å². The molecule has 174 valence electrons. The largest absolute Gasteiger partial charge is 0.507 e. The van der Waals surface area contributed by atoms with Gasteiger partial charge in [-0.2, -0.15) is 0 Å². The molecular weight excluding hydrogens is 440 g/mol. The smallest absolute Gasteiger partial charge is 0.295 e. The van der Waals surface area contributed by atoms with Crippen LogP contribution in [0.15, 0.2) is 60.0 Å². The third kappa shape index (κ3) is 5.19. The Morgan fingerprint density at radius 3 is 2.61 bits per heavy atom. The highest BCUT2D eigenvalue weighted by Crippen LogP contribution is 2.41. The summed E-state index contributed by atoms with van der Waals surface area (Å²) in [6.45, 7) is 8.45. The van der Waals surface area contributed by atoms with E-state index in [1.165, 1.54) is 11.3 Å². The van der Waals surface area contributed by atoms with Crippen LogP contribution in [-0.2, 0) is 14.3 Å². The van der Waals surface area contributed by atoms with Crippen LogP contribution in [0, 0.1) is 0 Å². The van der Waals surface area contributed by atoms with Gasteiger partial charge in [-0.25, -0.2) is 0 Å². The minimum atomic E-state index is -0.649. The topological polar surface area (TPSA) is 79.3 Å². The number of amides is 1. The number of benzene rings is 1. The summed E-state index contributed by atoms with van der Waals surface area (Å²) in [5.41, 5.74) is 0.599. The fourth-order valence-electron chi connectivity index (χ4n) is 4.16. The predicted octanol–water partition coefficient (Wildman–Crippen LogP) is 3.46. The molecule has 7 nitrogen and oxygen atoms in total. The molecule has 4 rings (SSSR count). The zero-order chi connectivity index (χ0) is 23.2. The van der Waals surface area contributed by atoms with Crippen molar-refractivity contribution >= 4 is 28.8 Å². The highest BCUT2D eigenvalue weighted by atomic mass is 32.1. The van der Waals surface area contributed by atoms with Gasteiger partial charge < -0.3 is 19.5 Å². The molecule has 2 aliphatic heterocycles. The summed E-state index contributed by atoms with van der Waals surface area (Å²) in [6, 6.07) is 10.0. The normalized spacial score (nSPS) is 20.8. The van der Waals surface area contributed by atoms with Crippen LogP contribution >= 0.6 is 11.3 Å². The van der Waals surface area contributed by atoms with Crippen molar-refractivity contribution in [3.8, 4) is 5.75 Å². The van der Waals surface area contributed by atoms with Crippen molar-refractivity contribution in [2.24, 2.45) is 0 Å². The Hall–Kier alpha value is -2.94. The second-order valence-electron chi connectivity index (χ2n) is 7.94. The standard InChI is InChI=1S/C25H28N2O5S/c1-2-14-32-19-8-6-18(7-9-19)23(28)21-22(20-5-3-17-33-20)27(25(30)24(21)29)11-4-10-26-12-15-31-16-13-26/h2-3,5-9,17,22,28H,1,4,10-16H2/b23-21-. The number of Topliss-reactive ketones (excluding diaryl/α,β-unsaturated/α-hetero) is 1. The molecule has 1 aromatic heterocycles. The first-order valence-corrected chi connectivity index (χ1v) is 11.9. The number of likely N-dealkylation sites (tertiary alicyclic amines) is 1. The fourth-order valence-corrected chi connectivity index (χ4v) is 5.01. The Morgan fingerprint density at radius 1 is 1.18 bits per heavy atom. The maximum atomic E-state index is 13.0. The SMILES string of the molecule is C=CCOc1ccc(/C(O)=C2/C(=O)C(=O)N(CCCN3CCOCC3)C2c2cccs2)cc1. The quantitative estimate of drug-likeness (QED) is 0.263. The van der Waals surface area contributed by atoms with Crippen molar-refractivity contribution in [3.63, 3.8) is 0 Å². The van der Waals surface area contributed by atoms with Crippen LogP contribution in [0.25, 0.3) is 5.76 Å². The first kappa shape index (κ1) is 23.2. The van der Waals surface area contributed by atoms with E-state index in [4.69, 9.17) is 9.47 Å². The molecule has 3 heterocycles. The van der Waals surface area contributed by atoms with Crippen LogP contribution in [-0.4, -0.2) is 72.6 Å². The zero-order valence-corrected chi connectivity index (χ0v) is 19.3. The fraction of sp³-hybridized carbons (Fsp3) is 0.360. The van der Waals surface area contributed by atoms with E-state index < -0.39 is 17.7 Å². The number of ether oxygens (including phenoxy) is 2. The molecule has 1 N–H and O–H groups in total. The lowest BCUT2D eigenvalue weighted by Gasteiger charge is -2.28. The van der Waals surface area contributed by atoms with E-state index >= 15 is 0 Å². The van der Waals surface area contributed by atoms with Crippen molar-refractivity contribution in [2.75, 3.05) is 46.0 Å². The molecule has 1 atom stereocenters. The minimum absolute atomic E-state index is 0.133. The number of thiophene rings is 1. The molecule has 0 spiro atoms. The number of hydrogen-bond donors (Lipinski definition) is 1. The summed E-state index contributed by atoms with van der Waals surface area (Å²) in [5.74, 6) is -0.755. The average Bonchev–Trinajstić information content (AvgIpc) is 3.46. The summed E-state index contributed by atoms with van der Waals surface area (Å²) in [6.07, 6.45) is 2.39. The van der Waals surface area contributed by atoms with Crippen LogP contribution in [0.1, 0.15) is 22.9 Å². The first-order chi connectivity index (χ1) is 16.1. The predicted molar refractivity (Wildman–Crippen MR) is 127 cm³/mol. The lowest BCUT2D eigenvalue weighted by molar-refractivity contribution is -0.140. The van der Waals surface area contributed by atoms with Gasteiger partial charge in [-0.3, -0.25) is 14.5 Å². The number of hydrogen-bond acceptors (Lipinski definition) is 7. The number of carbonyl (C=O) groups is 2. The van der Waals surface area contributed by atoms with Crippen LogP contribution in [0.4, 0.5) is 0 Å². The van der Waals surface area contributed by atoms with E-state index in [-0.39, 0.29) is 11.3 Å². The molecule has 0 radical (unpaired) electrons. The Labute approximate surface area is 197 Å². The Balaban J connectivity index is 1.58. The molecule has 2 saturated heterocycles. The second kappa shape index (κ2) is 10.8. The maximum absolute atomic E-state index is 13.0. The Bertz CT molecular complexity index is 1010. The highest BCUT2D eigenvalue weighted by Gasteiger charge is 2.46. The van der Waals surface area contributed by atoms with Crippen molar-refractivity contribution in [2.45, 2.75) is 12.5 Å². The lowest BCUT2D eigenvalue weighted by atomic mass is 10.00. The summed E-state index contributed by atoms with van der Waals surface area (Å²) in [4.78, 5) is 30.8. The van der Waals surface area contributed by atoms with E-state index in [9.17, 15) is 14.7 Å². The van der Waals surface area contributed by atoms with E-state index in [0.717, 1.165) is 44.1 Å². The first-order valence-electron chi connectivity index (χ1n) is 11.1. The highest BCUT2D eigenvalue weighted by molar-refractivity contribution is 7.10. The van der Waals surface area contributed by atoms with Crippen molar-refractivity contribution in [3.05, 3.63) is 70.4 Å². The summed E-state index contributed by atoms with van der Waals surface area (Å²) < 4.78 is 10.9. The third-order valence-electron chi connectivity index (χ3n) is 5.83. The molecule has 0 saturated carbocycles. The van der Waals surface area contributed by atoms with Crippen LogP contribution < -0.4 is 4.74 Å². The zero-order valence-electron chi connectivity index (χ0n) is 18.4. The Kier molecular flexibility index (Phi) is 7.59. The van der Waals surface area contributed by atoms with Crippen molar-refractivity contribution in [1.29, 1.82) is 0 Å². The molecule has 8 heteroatoms. The number of carbonyl (C=O) groups excluding carboxylic acids is 2. The number of ketones is 1. The van der Waals surface area contributed by atoms with E-state index in [0.29, 0.717) is 24.5 Å². The van der Waals surface area contributed by atoms with Crippen LogP contribution in [0.5, 0.6) is 5.75 Å². The molecule has 1 amide bonds. The van der Waals surface area contributed by atoms with Gasteiger partial charge in [-0.15, -0.1) is 11.3 Å². The molecule has 1 aromatic carbocycles. The summed E-state index contributed by atoms with van der Waals surface area (Å²) >= 11 is 1.47. The van der Waals surface area contributed by atoms with E-state index in [2.05, 4.69) is 11.5 Å². The number of aliphatic hydroxyl groups is 1. The number of rotatable bonds is 9. The van der Waals surface area contributed by atoms with Crippen LogP contribution in [0.2, 0.25) is 0 Å². The van der Waals surface area contributed by atoms with E-state index in [1.54, 1.807) is 35.2 Å². The number of aliphatic hydroxyl groups excluding tert-OH is 1. The molecule has 0 aliphatic carbocycles. The van der Waals surface area contributed by atoms with Gasteiger partial charge in [0.1, 0.15) is 18.1 Å². The van der Waals surface area contributed by atoms with Gasteiger partial charge in [-0.05, 0) is 42.1 Å². The second-order valence-corrected chi connectivity index (χ2v) is 8.92. The lowest BCUT2D eigenvalue weighted by Crippen LogP contribution is -2.38. The summed E-state index contributed by atoms with van der Waals surface area (Å²) in [5, 5.41) is 13.0. The van der Waals surface area contributed by atoms with Gasteiger partial charge >= 0.3 is 0 Å². The average molecular weight is 469 g/mol. The monoisotopic (exact) mass is 468 g/mol. The Morgan fingerprint density at radius 2 is 1.94 bits per heavy atom. The van der Waals surface area contributed by atoms with Gasteiger partial charge in [0.05, 0.1) is 24.8 Å². The van der Waals surface area contributed by atoms with Crippen molar-refractivity contribution < 1.29 is 24.2 Å². The molecule has 1 unspecified atom stereocenters. The van der Waals surface area contributed by atoms with Gasteiger partial charge in [0.15, 0.2) is 0 Å². The minimum Gasteiger partial charge on any atom is -0.507 e.